The van der Waals surface area contributed by atoms with Crippen LogP contribution in [0.25, 0.3) is 11.1 Å². The number of nitrogens with two attached hydrogens (primary N) is 1. The molecular formula is C17H19NO2. The summed E-state index contributed by atoms with van der Waals surface area (Å²) < 4.78 is 0. The Morgan fingerprint density at radius 1 is 0.850 bits per heavy atom. The minimum Gasteiger partial charge on any atom is -0.369 e. The normalized spacial score (nSPS) is 9.30. The van der Waals surface area contributed by atoms with Crippen LogP contribution in [0.3, 0.4) is 0 Å². The van der Waals surface area contributed by atoms with E-state index in [0.29, 0.717) is 6.42 Å². The van der Waals surface area contributed by atoms with Crippen LogP contribution in [0.2, 0.25) is 0 Å². The van der Waals surface area contributed by atoms with Gasteiger partial charge in [0.05, 0.1) is 6.42 Å². The smallest absolute Gasteiger partial charge is 0.221 e. The van der Waals surface area contributed by atoms with Crippen molar-refractivity contribution in [3.05, 3.63) is 60.2 Å². The van der Waals surface area contributed by atoms with Crippen molar-refractivity contribution in [2.45, 2.75) is 20.3 Å². The zero-order valence-electron chi connectivity index (χ0n) is 11.8. The summed E-state index contributed by atoms with van der Waals surface area (Å²) in [4.78, 5) is 20.2. The van der Waals surface area contributed by atoms with Crippen LogP contribution in [0.4, 0.5) is 0 Å². The monoisotopic (exact) mass is 269 g/mol. The maximum atomic E-state index is 10.7. The van der Waals surface area contributed by atoms with Crippen molar-refractivity contribution in [2.75, 3.05) is 0 Å². The first-order chi connectivity index (χ1) is 9.49. The van der Waals surface area contributed by atoms with Gasteiger partial charge < -0.3 is 10.5 Å². The van der Waals surface area contributed by atoms with Gasteiger partial charge in [0, 0.05) is 0 Å². The lowest BCUT2D eigenvalue weighted by atomic mass is 10.0. The average molecular weight is 269 g/mol. The first-order valence-electron chi connectivity index (χ1n) is 6.39. The highest BCUT2D eigenvalue weighted by Crippen LogP contribution is 2.19. The summed E-state index contributed by atoms with van der Waals surface area (Å²) in [7, 11) is 0. The molecule has 0 spiro atoms. The number of hydrogen-bond donors (Lipinski definition) is 1. The zero-order valence-corrected chi connectivity index (χ0v) is 11.8. The molecule has 0 fully saturated rings. The van der Waals surface area contributed by atoms with Gasteiger partial charge in [-0.1, -0.05) is 54.6 Å². The van der Waals surface area contributed by atoms with Gasteiger partial charge in [-0.25, -0.2) is 0 Å². The zero-order chi connectivity index (χ0) is 15.0. The van der Waals surface area contributed by atoms with E-state index in [4.69, 9.17) is 5.73 Å². The molecule has 0 aliphatic carbocycles. The predicted molar refractivity (Wildman–Crippen MR) is 81.1 cm³/mol. The number of carbonyl (C=O) groups excluding carboxylic acids is 2. The Morgan fingerprint density at radius 2 is 1.30 bits per heavy atom. The van der Waals surface area contributed by atoms with Crippen LogP contribution in [0, 0.1) is 0 Å². The summed E-state index contributed by atoms with van der Waals surface area (Å²) in [6.07, 6.45) is 0.301. The van der Waals surface area contributed by atoms with E-state index in [9.17, 15) is 9.59 Å². The summed E-state index contributed by atoms with van der Waals surface area (Å²) >= 11 is 0. The van der Waals surface area contributed by atoms with Crippen LogP contribution in [-0.2, 0) is 16.0 Å². The van der Waals surface area contributed by atoms with E-state index < -0.39 is 0 Å². The van der Waals surface area contributed by atoms with Crippen molar-refractivity contribution in [3.8, 4) is 11.1 Å². The highest BCUT2D eigenvalue weighted by atomic mass is 16.1. The van der Waals surface area contributed by atoms with Crippen LogP contribution >= 0.6 is 0 Å². The summed E-state index contributed by atoms with van der Waals surface area (Å²) in [5.41, 5.74) is 8.41. The van der Waals surface area contributed by atoms with Gasteiger partial charge in [-0.2, -0.15) is 0 Å². The fourth-order valence-electron chi connectivity index (χ4n) is 1.65. The van der Waals surface area contributed by atoms with Gasteiger partial charge in [-0.05, 0) is 30.5 Å². The molecular weight excluding hydrogens is 250 g/mol. The molecule has 0 unspecified atom stereocenters. The molecule has 2 aromatic rings. The third-order valence-electron chi connectivity index (χ3n) is 2.44. The molecule has 0 heterocycles. The Bertz CT molecular complexity index is 555. The van der Waals surface area contributed by atoms with Crippen LogP contribution in [-0.4, -0.2) is 11.7 Å². The number of benzene rings is 2. The molecule has 0 aliphatic rings. The van der Waals surface area contributed by atoms with E-state index in [0.717, 1.165) is 11.1 Å². The molecule has 0 aliphatic heterocycles. The number of ketones is 1. The molecule has 0 saturated carbocycles. The fourth-order valence-corrected chi connectivity index (χ4v) is 1.65. The highest BCUT2D eigenvalue weighted by molar-refractivity contribution is 5.77. The Hall–Kier alpha value is -2.42. The minimum atomic E-state index is -0.299. The van der Waals surface area contributed by atoms with Gasteiger partial charge in [0.15, 0.2) is 0 Å². The molecule has 3 heteroatoms. The predicted octanol–water partition coefficient (Wildman–Crippen LogP) is 2.98. The lowest BCUT2D eigenvalue weighted by Gasteiger charge is -2.02. The molecule has 2 N–H and O–H groups in total. The lowest BCUT2D eigenvalue weighted by Crippen LogP contribution is -2.13. The first-order valence-corrected chi connectivity index (χ1v) is 6.39. The number of carbonyl (C=O) groups is 2. The van der Waals surface area contributed by atoms with Crippen molar-refractivity contribution >= 4 is 11.7 Å². The van der Waals surface area contributed by atoms with Crippen LogP contribution in [0.15, 0.2) is 54.6 Å². The second-order valence-electron chi connectivity index (χ2n) is 4.61. The van der Waals surface area contributed by atoms with Crippen molar-refractivity contribution in [3.63, 3.8) is 0 Å². The molecule has 2 aromatic carbocycles. The van der Waals surface area contributed by atoms with Crippen LogP contribution in [0.1, 0.15) is 19.4 Å². The maximum absolute atomic E-state index is 10.7. The molecule has 2 rings (SSSR count). The van der Waals surface area contributed by atoms with Crippen LogP contribution < -0.4 is 5.73 Å². The molecule has 104 valence electrons. The summed E-state index contributed by atoms with van der Waals surface area (Å²) in [6, 6.07) is 18.0. The molecule has 0 atom stereocenters. The third kappa shape index (κ3) is 5.96. The first kappa shape index (κ1) is 15.6. The van der Waals surface area contributed by atoms with E-state index in [1.807, 2.05) is 42.5 Å². The molecule has 0 aromatic heterocycles. The Kier molecular flexibility index (Phi) is 6.17. The molecule has 0 saturated heterocycles. The fraction of sp³-hybridized carbons (Fsp3) is 0.176. The molecule has 20 heavy (non-hydrogen) atoms. The van der Waals surface area contributed by atoms with E-state index in [2.05, 4.69) is 12.1 Å². The lowest BCUT2D eigenvalue weighted by molar-refractivity contribution is -0.117. The Morgan fingerprint density at radius 3 is 1.75 bits per heavy atom. The molecule has 3 nitrogen and oxygen atoms in total. The second-order valence-corrected chi connectivity index (χ2v) is 4.61. The Balaban J connectivity index is 0.000000444. The van der Waals surface area contributed by atoms with E-state index >= 15 is 0 Å². The standard InChI is InChI=1S/C14H13NO.C3H6O/c15-14(16)10-11-6-8-13(9-7-11)12-4-2-1-3-5-12;1-3(2)4/h1-9H,10H2,(H2,15,16);1-2H3. The number of amides is 1. The van der Waals surface area contributed by atoms with E-state index in [1.54, 1.807) is 0 Å². The van der Waals surface area contributed by atoms with Crippen molar-refractivity contribution in [1.82, 2.24) is 0 Å². The average Bonchev–Trinajstić information content (AvgIpc) is 2.39. The number of Topliss-reactive ketones (excluding diaryl/α,β-unsaturated/α-hetero) is 1. The molecule has 0 bridgehead atoms. The SMILES string of the molecule is CC(C)=O.NC(=O)Cc1ccc(-c2ccccc2)cc1. The largest absolute Gasteiger partial charge is 0.369 e. The number of rotatable bonds is 3. The minimum absolute atomic E-state index is 0.167. The van der Waals surface area contributed by atoms with Crippen molar-refractivity contribution in [2.24, 2.45) is 5.73 Å². The topological polar surface area (TPSA) is 60.2 Å². The quantitative estimate of drug-likeness (QED) is 0.931. The van der Waals surface area contributed by atoms with Gasteiger partial charge in [0.25, 0.3) is 0 Å². The third-order valence-corrected chi connectivity index (χ3v) is 2.44. The van der Waals surface area contributed by atoms with Crippen LogP contribution in [0.5, 0.6) is 0 Å². The van der Waals surface area contributed by atoms with Gasteiger partial charge in [-0.3, -0.25) is 4.79 Å². The molecule has 1 amide bonds. The maximum Gasteiger partial charge on any atom is 0.221 e. The van der Waals surface area contributed by atoms with E-state index in [1.165, 1.54) is 19.4 Å². The summed E-state index contributed by atoms with van der Waals surface area (Å²) in [6.45, 7) is 3.06. The van der Waals surface area contributed by atoms with E-state index in [-0.39, 0.29) is 11.7 Å². The molecule has 0 radical (unpaired) electrons. The van der Waals surface area contributed by atoms with Gasteiger partial charge in [-0.15, -0.1) is 0 Å². The number of hydrogen-bond acceptors (Lipinski definition) is 2. The van der Waals surface area contributed by atoms with Gasteiger partial charge in [0.1, 0.15) is 5.78 Å². The summed E-state index contributed by atoms with van der Waals surface area (Å²) in [5, 5.41) is 0. The summed E-state index contributed by atoms with van der Waals surface area (Å²) in [5.74, 6) is -0.132. The second kappa shape index (κ2) is 7.89. The highest BCUT2D eigenvalue weighted by Gasteiger charge is 1.99. The van der Waals surface area contributed by atoms with Crippen molar-refractivity contribution < 1.29 is 9.59 Å². The van der Waals surface area contributed by atoms with Gasteiger partial charge in [0.2, 0.25) is 5.91 Å². The van der Waals surface area contributed by atoms with Gasteiger partial charge >= 0.3 is 0 Å². The van der Waals surface area contributed by atoms with Crippen molar-refractivity contribution in [1.29, 1.82) is 0 Å². The number of primary amides is 1. The Labute approximate surface area is 119 Å².